The normalized spacial score (nSPS) is 14.9. The van der Waals surface area contributed by atoms with E-state index in [1.807, 2.05) is 109 Å². The fourth-order valence-corrected chi connectivity index (χ4v) is 8.12. The number of aliphatic hydroxyl groups excluding tert-OH is 1. The van der Waals surface area contributed by atoms with Crippen molar-refractivity contribution in [2.45, 2.75) is 75.5 Å². The van der Waals surface area contributed by atoms with E-state index in [0.29, 0.717) is 19.4 Å². The lowest BCUT2D eigenvalue weighted by Crippen LogP contribution is -2.59. The largest absolute Gasteiger partial charge is 0.449 e. The van der Waals surface area contributed by atoms with Crippen LogP contribution in [0.4, 0.5) is 4.79 Å². The van der Waals surface area contributed by atoms with Crippen molar-refractivity contribution in [3.05, 3.63) is 131 Å². The van der Waals surface area contributed by atoms with Crippen LogP contribution in [0, 0.1) is 0 Å². The zero-order valence-electron chi connectivity index (χ0n) is 35.4. The van der Waals surface area contributed by atoms with E-state index in [4.69, 9.17) is 9.84 Å². The quantitative estimate of drug-likeness (QED) is 0.136. The number of benzene rings is 4. The molecule has 3 N–H and O–H groups in total. The first-order valence-corrected chi connectivity index (χ1v) is 20.8. The molecule has 0 bridgehead atoms. The van der Waals surface area contributed by atoms with E-state index in [1.54, 1.807) is 11.8 Å². The smallest absolute Gasteiger partial charge is 0.407 e. The predicted molar refractivity (Wildman–Crippen MR) is 232 cm³/mol. The number of carbonyl (C=O) groups is 6. The molecule has 6 rings (SSSR count). The van der Waals surface area contributed by atoms with Crippen LogP contribution in [0.1, 0.15) is 60.8 Å². The van der Waals surface area contributed by atoms with Gasteiger partial charge in [0, 0.05) is 59.5 Å². The number of alkyl carbamates (subject to hydrolysis) is 1. The van der Waals surface area contributed by atoms with E-state index in [1.165, 1.54) is 23.9 Å². The molecule has 0 spiro atoms. The number of hydrogen-bond donors (Lipinski definition) is 3. The number of likely N-dealkylation sites (N-methyl/N-ethyl adjacent to an activating group) is 2. The topological polar surface area (TPSA) is 166 Å². The molecule has 4 atom stereocenters. The van der Waals surface area contributed by atoms with Crippen LogP contribution in [-0.2, 0) is 41.6 Å². The summed E-state index contributed by atoms with van der Waals surface area (Å²) in [6.45, 7) is 2.92. The summed E-state index contributed by atoms with van der Waals surface area (Å²) in [6, 6.07) is 29.9. The Labute approximate surface area is 358 Å². The molecule has 4 aromatic rings. The highest BCUT2D eigenvalue weighted by molar-refractivity contribution is 5.96. The SMILES string of the molecule is CO.C[C@H](NC(=O)[C@H](Cc1ccccc1)N(C)C(=O)[C@H](Cc1ccccc1)N(C)C(=O)[C@H](CC=O)NC(=O)OCC1c2ccccc2-c2ccccc21)C(=O)N1CCCCC1. The van der Waals surface area contributed by atoms with Gasteiger partial charge in [0.25, 0.3) is 0 Å². The summed E-state index contributed by atoms with van der Waals surface area (Å²) in [7, 11) is 3.96. The van der Waals surface area contributed by atoms with Gasteiger partial charge >= 0.3 is 6.09 Å². The molecule has 1 fully saturated rings. The highest BCUT2D eigenvalue weighted by Gasteiger charge is 2.38. The molecule has 1 saturated heterocycles. The van der Waals surface area contributed by atoms with Crippen LogP contribution in [-0.4, -0.2) is 121 Å². The molecule has 13 nitrogen and oxygen atoms in total. The maximum atomic E-state index is 14.7. The number of nitrogens with zero attached hydrogens (tertiary/aromatic N) is 3. The van der Waals surface area contributed by atoms with Crippen molar-refractivity contribution in [1.29, 1.82) is 0 Å². The van der Waals surface area contributed by atoms with Gasteiger partial charge in [0.1, 0.15) is 37.1 Å². The Bertz CT molecular complexity index is 2060. The molecule has 0 saturated carbocycles. The lowest BCUT2D eigenvalue weighted by molar-refractivity contribution is -0.148. The van der Waals surface area contributed by atoms with Crippen molar-refractivity contribution < 1.29 is 38.6 Å². The lowest BCUT2D eigenvalue weighted by atomic mass is 9.98. The molecule has 1 aliphatic heterocycles. The van der Waals surface area contributed by atoms with Gasteiger partial charge in [0.05, 0.1) is 0 Å². The second-order valence-electron chi connectivity index (χ2n) is 15.4. The lowest BCUT2D eigenvalue weighted by Gasteiger charge is -2.36. The fraction of sp³-hybridized carbons (Fsp3) is 0.375. The molecular weight excluding hydrogens is 775 g/mol. The number of piperidine rings is 1. The Balaban J connectivity index is 0.00000347. The summed E-state index contributed by atoms with van der Waals surface area (Å²) in [5, 5.41) is 12.5. The van der Waals surface area contributed by atoms with Crippen molar-refractivity contribution in [2.75, 3.05) is 40.9 Å². The van der Waals surface area contributed by atoms with Gasteiger partial charge in [-0.25, -0.2) is 4.79 Å². The minimum absolute atomic E-state index is 0.00469. The number of hydrogen-bond acceptors (Lipinski definition) is 8. The molecule has 5 amide bonds. The Hall–Kier alpha value is -6.34. The Morgan fingerprint density at radius 2 is 1.20 bits per heavy atom. The van der Waals surface area contributed by atoms with E-state index in [2.05, 4.69) is 10.6 Å². The van der Waals surface area contributed by atoms with Gasteiger partial charge in [-0.15, -0.1) is 0 Å². The second-order valence-corrected chi connectivity index (χ2v) is 15.4. The number of likely N-dealkylation sites (tertiary alicyclic amines) is 1. The molecule has 13 heteroatoms. The first kappa shape index (κ1) is 45.7. The fourth-order valence-electron chi connectivity index (χ4n) is 8.12. The molecule has 0 unspecified atom stereocenters. The molecule has 61 heavy (non-hydrogen) atoms. The van der Waals surface area contributed by atoms with Gasteiger partial charge in [-0.05, 0) is 59.6 Å². The maximum absolute atomic E-state index is 14.7. The Kier molecular flexibility index (Phi) is 16.7. The van der Waals surface area contributed by atoms with Gasteiger partial charge in [0.15, 0.2) is 0 Å². The summed E-state index contributed by atoms with van der Waals surface area (Å²) < 4.78 is 5.71. The van der Waals surface area contributed by atoms with Crippen LogP contribution in [0.25, 0.3) is 11.1 Å². The molecule has 1 heterocycles. The third-order valence-electron chi connectivity index (χ3n) is 11.4. The zero-order valence-corrected chi connectivity index (χ0v) is 35.4. The van der Waals surface area contributed by atoms with E-state index in [-0.39, 0.29) is 37.7 Å². The minimum atomic E-state index is -1.34. The minimum Gasteiger partial charge on any atom is -0.449 e. The molecule has 322 valence electrons. The van der Waals surface area contributed by atoms with Gasteiger partial charge in [-0.2, -0.15) is 0 Å². The summed E-state index contributed by atoms with van der Waals surface area (Å²) in [5.74, 6) is -2.13. The zero-order chi connectivity index (χ0) is 43.9. The second kappa shape index (κ2) is 22.3. The van der Waals surface area contributed by atoms with Crippen LogP contribution >= 0.6 is 0 Å². The number of nitrogens with one attached hydrogen (secondary N) is 2. The van der Waals surface area contributed by atoms with Crippen molar-refractivity contribution in [3.63, 3.8) is 0 Å². The number of fused-ring (bicyclic) bond motifs is 3. The third kappa shape index (κ3) is 11.5. The number of aldehydes is 1. The van der Waals surface area contributed by atoms with Crippen LogP contribution in [0.15, 0.2) is 109 Å². The van der Waals surface area contributed by atoms with Gasteiger partial charge in [-0.3, -0.25) is 19.2 Å². The maximum Gasteiger partial charge on any atom is 0.407 e. The number of aliphatic hydroxyl groups is 1. The van der Waals surface area contributed by atoms with E-state index in [9.17, 15) is 28.8 Å². The summed E-state index contributed by atoms with van der Waals surface area (Å²) in [4.78, 5) is 86.1. The van der Waals surface area contributed by atoms with Gasteiger partial charge < -0.3 is 40.0 Å². The summed E-state index contributed by atoms with van der Waals surface area (Å²) >= 11 is 0. The van der Waals surface area contributed by atoms with E-state index in [0.717, 1.165) is 59.8 Å². The predicted octanol–water partition coefficient (Wildman–Crippen LogP) is 4.75. The molecular formula is C48H57N5O8. The van der Waals surface area contributed by atoms with Crippen molar-refractivity contribution >= 4 is 36.0 Å². The Morgan fingerprint density at radius 3 is 1.74 bits per heavy atom. The number of ether oxygens (including phenoxy) is 1. The van der Waals surface area contributed by atoms with Crippen LogP contribution in [0.3, 0.4) is 0 Å². The third-order valence-corrected chi connectivity index (χ3v) is 11.4. The van der Waals surface area contributed by atoms with Crippen LogP contribution in [0.5, 0.6) is 0 Å². The molecule has 4 aromatic carbocycles. The van der Waals surface area contributed by atoms with Crippen LogP contribution < -0.4 is 10.6 Å². The Morgan fingerprint density at radius 1 is 0.705 bits per heavy atom. The highest BCUT2D eigenvalue weighted by Crippen LogP contribution is 2.44. The van der Waals surface area contributed by atoms with Crippen molar-refractivity contribution in [2.24, 2.45) is 0 Å². The van der Waals surface area contributed by atoms with E-state index < -0.39 is 48.0 Å². The standard InChI is InChI=1S/C47H53N5O7.CH4O/c1-32(44(55)52-26-15-6-16-27-52)48-43(54)41(29-33-17-7-4-8-18-33)50(2)46(57)42(30-34-19-9-5-10-20-34)51(3)45(56)40(25-28-53)49-47(58)59-31-39-37-23-13-11-21-35(37)36-22-12-14-24-38(36)39;1-2/h4-5,7-14,17-24,28,32,39-42H,6,15-16,25-27,29-31H2,1-3H3,(H,48,54)(H,49,58);2H,1H3/t32-,40-,41-,42-;/m0./s1. The average molecular weight is 832 g/mol. The van der Waals surface area contributed by atoms with Gasteiger partial charge in [0.2, 0.25) is 23.6 Å². The average Bonchev–Trinajstić information content (AvgIpc) is 3.62. The first-order valence-electron chi connectivity index (χ1n) is 20.8. The molecule has 0 aromatic heterocycles. The number of amides is 5. The van der Waals surface area contributed by atoms with Gasteiger partial charge in [-0.1, -0.05) is 109 Å². The number of rotatable bonds is 16. The highest BCUT2D eigenvalue weighted by atomic mass is 16.5. The van der Waals surface area contributed by atoms with Crippen LogP contribution in [0.2, 0.25) is 0 Å². The number of carbonyl (C=O) groups excluding carboxylic acids is 6. The van der Waals surface area contributed by atoms with Crippen molar-refractivity contribution in [1.82, 2.24) is 25.3 Å². The van der Waals surface area contributed by atoms with E-state index >= 15 is 0 Å². The summed E-state index contributed by atoms with van der Waals surface area (Å²) in [5.41, 5.74) is 5.72. The summed E-state index contributed by atoms with van der Waals surface area (Å²) in [6.07, 6.45) is 2.38. The first-order chi connectivity index (χ1) is 29.6. The monoisotopic (exact) mass is 831 g/mol. The molecule has 0 radical (unpaired) electrons. The molecule has 1 aliphatic carbocycles. The van der Waals surface area contributed by atoms with Crippen molar-refractivity contribution in [3.8, 4) is 11.1 Å². The molecule has 2 aliphatic rings.